The first-order valence-electron chi connectivity index (χ1n) is 6.23. The van der Waals surface area contributed by atoms with Gasteiger partial charge in [0, 0.05) is 32.7 Å². The van der Waals surface area contributed by atoms with Gasteiger partial charge in [-0.15, -0.1) is 0 Å². The van der Waals surface area contributed by atoms with Crippen LogP contribution in [-0.2, 0) is 0 Å². The number of unbranched alkanes of at least 4 members (excludes halogenated alkanes) is 1. The zero-order valence-electron chi connectivity index (χ0n) is 10.2. The molecule has 1 rings (SSSR count). The van der Waals surface area contributed by atoms with Crippen molar-refractivity contribution in [1.82, 2.24) is 9.80 Å². The molecule has 3 nitrogen and oxygen atoms in total. The third kappa shape index (κ3) is 6.85. The summed E-state index contributed by atoms with van der Waals surface area (Å²) in [6.45, 7) is 5.12. The lowest BCUT2D eigenvalue weighted by atomic mass is 10.2. The Hall–Kier alpha value is -0.330. The van der Waals surface area contributed by atoms with Crippen LogP contribution in [0.1, 0.15) is 19.3 Å². The maximum atomic E-state index is 12.0. The van der Waals surface area contributed by atoms with E-state index >= 15 is 0 Å². The van der Waals surface area contributed by atoms with Crippen LogP contribution in [0.4, 0.5) is 13.2 Å². The molecule has 6 heteroatoms. The zero-order valence-corrected chi connectivity index (χ0v) is 10.2. The highest BCUT2D eigenvalue weighted by Gasteiger charge is 2.28. The van der Waals surface area contributed by atoms with Crippen LogP contribution < -0.4 is 5.73 Å². The molecule has 0 radical (unpaired) electrons. The largest absolute Gasteiger partial charge is 0.390 e. The zero-order chi connectivity index (χ0) is 12.7. The summed E-state index contributed by atoms with van der Waals surface area (Å²) < 4.78 is 36.1. The van der Waals surface area contributed by atoms with Crippen LogP contribution in [0.15, 0.2) is 0 Å². The molecule has 0 aromatic heterocycles. The van der Waals surface area contributed by atoms with Crippen molar-refractivity contribution >= 4 is 0 Å². The number of piperazine rings is 1. The van der Waals surface area contributed by atoms with Gasteiger partial charge in [-0.05, 0) is 25.9 Å². The van der Waals surface area contributed by atoms with Crippen LogP contribution >= 0.6 is 0 Å². The van der Waals surface area contributed by atoms with Crippen molar-refractivity contribution in [3.63, 3.8) is 0 Å². The lowest BCUT2D eigenvalue weighted by Crippen LogP contribution is -2.47. The molecule has 0 atom stereocenters. The van der Waals surface area contributed by atoms with E-state index in [2.05, 4.69) is 4.90 Å². The number of nitrogens with zero attached hydrogens (tertiary/aromatic N) is 2. The number of halogens is 3. The molecule has 2 N–H and O–H groups in total. The van der Waals surface area contributed by atoms with Crippen molar-refractivity contribution in [3.8, 4) is 0 Å². The average molecular weight is 253 g/mol. The standard InChI is InChI=1S/C11H22F3N3/c12-11(13,14)3-6-17-9-7-16(8-10-17)5-2-1-4-15/h1-10,15H2. The minimum absolute atomic E-state index is 0.139. The van der Waals surface area contributed by atoms with E-state index in [1.807, 2.05) is 4.90 Å². The summed E-state index contributed by atoms with van der Waals surface area (Å²) in [7, 11) is 0. The smallest absolute Gasteiger partial charge is 0.330 e. The summed E-state index contributed by atoms with van der Waals surface area (Å²) in [5, 5.41) is 0. The third-order valence-corrected chi connectivity index (χ3v) is 3.10. The Bertz CT molecular complexity index is 201. The van der Waals surface area contributed by atoms with Crippen molar-refractivity contribution in [2.45, 2.75) is 25.4 Å². The Morgan fingerprint density at radius 1 is 0.882 bits per heavy atom. The molecule has 1 heterocycles. The van der Waals surface area contributed by atoms with E-state index in [0.29, 0.717) is 6.54 Å². The van der Waals surface area contributed by atoms with Crippen LogP contribution in [-0.4, -0.2) is 61.8 Å². The minimum atomic E-state index is -4.03. The van der Waals surface area contributed by atoms with Crippen molar-refractivity contribution in [2.75, 3.05) is 45.8 Å². The topological polar surface area (TPSA) is 32.5 Å². The van der Waals surface area contributed by atoms with Gasteiger partial charge in [0.25, 0.3) is 0 Å². The molecule has 0 aliphatic carbocycles. The third-order valence-electron chi connectivity index (χ3n) is 3.10. The van der Waals surface area contributed by atoms with Crippen LogP contribution in [0.5, 0.6) is 0 Å². The van der Waals surface area contributed by atoms with Crippen molar-refractivity contribution < 1.29 is 13.2 Å². The summed E-state index contributed by atoms with van der Waals surface area (Å²) in [5.74, 6) is 0. The SMILES string of the molecule is NCCCCN1CCN(CCC(F)(F)F)CC1. The second-order valence-corrected chi connectivity index (χ2v) is 4.54. The first-order valence-corrected chi connectivity index (χ1v) is 6.23. The quantitative estimate of drug-likeness (QED) is 0.724. The molecular weight excluding hydrogens is 231 g/mol. The molecular formula is C11H22F3N3. The predicted molar refractivity (Wildman–Crippen MR) is 61.8 cm³/mol. The summed E-state index contributed by atoms with van der Waals surface area (Å²) >= 11 is 0. The lowest BCUT2D eigenvalue weighted by molar-refractivity contribution is -0.138. The molecule has 0 unspecified atom stereocenters. The Labute approximate surface area is 101 Å². The highest BCUT2D eigenvalue weighted by Crippen LogP contribution is 2.20. The molecule has 0 aromatic rings. The number of nitrogens with two attached hydrogens (primary N) is 1. The van der Waals surface area contributed by atoms with Gasteiger partial charge in [0.1, 0.15) is 0 Å². The highest BCUT2D eigenvalue weighted by molar-refractivity contribution is 4.72. The Morgan fingerprint density at radius 3 is 1.88 bits per heavy atom. The Kier molecular flexibility index (Phi) is 6.22. The summed E-state index contributed by atoms with van der Waals surface area (Å²) in [5.41, 5.74) is 5.41. The molecule has 17 heavy (non-hydrogen) atoms. The number of alkyl halides is 3. The van der Waals surface area contributed by atoms with Crippen LogP contribution in [0, 0.1) is 0 Å². The molecule has 0 amide bonds. The minimum Gasteiger partial charge on any atom is -0.330 e. The fraction of sp³-hybridized carbons (Fsp3) is 1.00. The van der Waals surface area contributed by atoms with Gasteiger partial charge < -0.3 is 15.5 Å². The number of hydrogen-bond donors (Lipinski definition) is 1. The summed E-state index contributed by atoms with van der Waals surface area (Å²) in [6.07, 6.45) is -2.62. The van der Waals surface area contributed by atoms with E-state index in [4.69, 9.17) is 5.73 Å². The van der Waals surface area contributed by atoms with Gasteiger partial charge in [0.2, 0.25) is 0 Å². The van der Waals surface area contributed by atoms with E-state index in [9.17, 15) is 13.2 Å². The molecule has 0 bridgehead atoms. The highest BCUT2D eigenvalue weighted by atomic mass is 19.4. The Balaban J connectivity index is 2.09. The van der Waals surface area contributed by atoms with E-state index in [1.54, 1.807) is 0 Å². The van der Waals surface area contributed by atoms with Gasteiger partial charge in [0.15, 0.2) is 0 Å². The van der Waals surface area contributed by atoms with E-state index in [1.165, 1.54) is 0 Å². The van der Waals surface area contributed by atoms with E-state index in [0.717, 1.165) is 45.6 Å². The van der Waals surface area contributed by atoms with Gasteiger partial charge in [0.05, 0.1) is 6.42 Å². The molecule has 102 valence electrons. The molecule has 1 fully saturated rings. The first kappa shape index (κ1) is 14.7. The average Bonchev–Trinajstić information content (AvgIpc) is 2.27. The van der Waals surface area contributed by atoms with E-state index in [-0.39, 0.29) is 6.54 Å². The van der Waals surface area contributed by atoms with Crippen LogP contribution in [0.25, 0.3) is 0 Å². The number of rotatable bonds is 6. The summed E-state index contributed by atoms with van der Waals surface area (Å²) in [4.78, 5) is 4.20. The van der Waals surface area contributed by atoms with Crippen LogP contribution in [0.3, 0.4) is 0 Å². The van der Waals surface area contributed by atoms with Gasteiger partial charge in [-0.2, -0.15) is 13.2 Å². The Morgan fingerprint density at radius 2 is 1.41 bits per heavy atom. The molecule has 0 aromatic carbocycles. The lowest BCUT2D eigenvalue weighted by Gasteiger charge is -2.34. The maximum absolute atomic E-state index is 12.0. The maximum Gasteiger partial charge on any atom is 0.390 e. The molecule has 0 spiro atoms. The fourth-order valence-electron chi connectivity index (χ4n) is 2.00. The molecule has 1 aliphatic rings. The number of hydrogen-bond acceptors (Lipinski definition) is 3. The normalized spacial score (nSPS) is 19.8. The molecule has 1 aliphatic heterocycles. The van der Waals surface area contributed by atoms with Crippen molar-refractivity contribution in [3.05, 3.63) is 0 Å². The first-order chi connectivity index (χ1) is 8.01. The summed E-state index contributed by atoms with van der Waals surface area (Å²) in [6, 6.07) is 0. The van der Waals surface area contributed by atoms with Crippen molar-refractivity contribution in [2.24, 2.45) is 5.73 Å². The van der Waals surface area contributed by atoms with E-state index < -0.39 is 12.6 Å². The van der Waals surface area contributed by atoms with Gasteiger partial charge in [-0.3, -0.25) is 0 Å². The molecule has 1 saturated heterocycles. The van der Waals surface area contributed by atoms with Gasteiger partial charge >= 0.3 is 6.18 Å². The van der Waals surface area contributed by atoms with Crippen LogP contribution in [0.2, 0.25) is 0 Å². The monoisotopic (exact) mass is 253 g/mol. The van der Waals surface area contributed by atoms with Gasteiger partial charge in [-0.1, -0.05) is 0 Å². The molecule has 0 saturated carbocycles. The second-order valence-electron chi connectivity index (χ2n) is 4.54. The van der Waals surface area contributed by atoms with Crippen molar-refractivity contribution in [1.29, 1.82) is 0 Å². The predicted octanol–water partition coefficient (Wildman–Crippen LogP) is 1.30. The fourth-order valence-corrected chi connectivity index (χ4v) is 2.00. The second kappa shape index (κ2) is 7.18. The van der Waals surface area contributed by atoms with Gasteiger partial charge in [-0.25, -0.2) is 0 Å².